The average Bonchev–Trinajstić information content (AvgIpc) is 2.59. The summed E-state index contributed by atoms with van der Waals surface area (Å²) in [6, 6.07) is 4.49. The van der Waals surface area contributed by atoms with Crippen molar-refractivity contribution in [1.82, 2.24) is 5.32 Å². The predicted octanol–water partition coefficient (Wildman–Crippen LogP) is 3.80. The van der Waals surface area contributed by atoms with E-state index < -0.39 is 0 Å². The molecule has 0 aliphatic rings. The minimum atomic E-state index is 0.698. The van der Waals surface area contributed by atoms with E-state index in [1.165, 1.54) is 16.2 Å². The molecule has 86 valence electrons. The molecule has 0 fully saturated rings. The molecule has 2 heteroatoms. The third-order valence-corrected chi connectivity index (χ3v) is 3.79. The van der Waals surface area contributed by atoms with Gasteiger partial charge in [0.2, 0.25) is 0 Å². The van der Waals surface area contributed by atoms with Crippen LogP contribution in [0.5, 0.6) is 0 Å². The molecular formula is C13H23NS. The van der Waals surface area contributed by atoms with Crippen LogP contribution in [0.2, 0.25) is 0 Å². The Morgan fingerprint density at radius 3 is 2.53 bits per heavy atom. The summed E-state index contributed by atoms with van der Waals surface area (Å²) in [5, 5.41) is 3.50. The zero-order chi connectivity index (χ0) is 11.3. The molecule has 1 N–H and O–H groups in total. The Labute approximate surface area is 97.9 Å². The highest BCUT2D eigenvalue weighted by Gasteiger charge is 2.07. The van der Waals surface area contributed by atoms with Gasteiger partial charge in [0.25, 0.3) is 0 Å². The van der Waals surface area contributed by atoms with Crippen molar-refractivity contribution in [3.63, 3.8) is 0 Å². The van der Waals surface area contributed by atoms with Gasteiger partial charge in [-0.3, -0.25) is 0 Å². The second-order valence-electron chi connectivity index (χ2n) is 4.74. The quantitative estimate of drug-likeness (QED) is 0.726. The summed E-state index contributed by atoms with van der Waals surface area (Å²) in [5.41, 5.74) is 0. The molecule has 1 rings (SSSR count). The fourth-order valence-corrected chi connectivity index (χ4v) is 2.53. The Kier molecular flexibility index (Phi) is 5.34. The van der Waals surface area contributed by atoms with Crippen LogP contribution >= 0.6 is 11.3 Å². The van der Waals surface area contributed by atoms with E-state index in [0.717, 1.165) is 19.0 Å². The van der Waals surface area contributed by atoms with Gasteiger partial charge in [0.05, 0.1) is 0 Å². The van der Waals surface area contributed by atoms with E-state index in [1.807, 2.05) is 11.3 Å². The maximum atomic E-state index is 3.50. The Balaban J connectivity index is 2.21. The lowest BCUT2D eigenvalue weighted by molar-refractivity contribution is 0.526. The van der Waals surface area contributed by atoms with Crippen molar-refractivity contribution in [2.24, 2.45) is 5.92 Å². The molecule has 0 bridgehead atoms. The Morgan fingerprint density at radius 1 is 1.27 bits per heavy atom. The molecule has 1 unspecified atom stereocenters. The summed E-state index contributed by atoms with van der Waals surface area (Å²) in [6.45, 7) is 11.3. The number of thiophene rings is 1. The van der Waals surface area contributed by atoms with Crippen molar-refractivity contribution < 1.29 is 0 Å². The molecule has 0 spiro atoms. The summed E-state index contributed by atoms with van der Waals surface area (Å²) in [6.07, 6.45) is 1.24. The van der Waals surface area contributed by atoms with Crippen LogP contribution in [0.15, 0.2) is 12.1 Å². The Hall–Kier alpha value is -0.340. The first-order chi connectivity index (χ1) is 7.09. The number of rotatable bonds is 6. The third-order valence-electron chi connectivity index (χ3n) is 2.55. The van der Waals surface area contributed by atoms with Crippen molar-refractivity contribution >= 4 is 11.3 Å². The molecule has 1 aromatic heterocycles. The van der Waals surface area contributed by atoms with Gasteiger partial charge < -0.3 is 5.32 Å². The largest absolute Gasteiger partial charge is 0.316 e. The maximum absolute atomic E-state index is 3.50. The first kappa shape index (κ1) is 12.7. The highest BCUT2D eigenvalue weighted by Crippen LogP contribution is 2.26. The summed E-state index contributed by atoms with van der Waals surface area (Å²) in [4.78, 5) is 2.95. The van der Waals surface area contributed by atoms with Gasteiger partial charge in [0, 0.05) is 9.75 Å². The molecule has 0 aromatic carbocycles. The molecule has 0 aliphatic carbocycles. The van der Waals surface area contributed by atoms with Crippen LogP contribution in [0.25, 0.3) is 0 Å². The van der Waals surface area contributed by atoms with E-state index in [-0.39, 0.29) is 0 Å². The predicted molar refractivity (Wildman–Crippen MR) is 69.8 cm³/mol. The van der Waals surface area contributed by atoms with Gasteiger partial charge in [-0.2, -0.15) is 0 Å². The molecule has 0 saturated heterocycles. The second kappa shape index (κ2) is 6.29. The SMILES string of the molecule is Cc1ccc(C(C)CCNCC(C)C)s1. The van der Waals surface area contributed by atoms with E-state index in [1.54, 1.807) is 0 Å². The van der Waals surface area contributed by atoms with Gasteiger partial charge in [0.1, 0.15) is 0 Å². The van der Waals surface area contributed by atoms with Gasteiger partial charge in [-0.1, -0.05) is 20.8 Å². The topological polar surface area (TPSA) is 12.0 Å². The van der Waals surface area contributed by atoms with Gasteiger partial charge in [0.15, 0.2) is 0 Å². The smallest absolute Gasteiger partial charge is 0.00767 e. The van der Waals surface area contributed by atoms with Crippen LogP contribution in [0.4, 0.5) is 0 Å². The third kappa shape index (κ3) is 4.80. The minimum Gasteiger partial charge on any atom is -0.316 e. The van der Waals surface area contributed by atoms with Gasteiger partial charge in [-0.05, 0) is 50.4 Å². The molecule has 0 aliphatic heterocycles. The molecule has 15 heavy (non-hydrogen) atoms. The molecule has 1 heterocycles. The number of hydrogen-bond acceptors (Lipinski definition) is 2. The second-order valence-corrected chi connectivity index (χ2v) is 6.06. The first-order valence-electron chi connectivity index (χ1n) is 5.86. The van der Waals surface area contributed by atoms with Crippen molar-refractivity contribution in [1.29, 1.82) is 0 Å². The molecular weight excluding hydrogens is 202 g/mol. The molecule has 1 aromatic rings. The fraction of sp³-hybridized carbons (Fsp3) is 0.692. The zero-order valence-corrected chi connectivity index (χ0v) is 11.2. The minimum absolute atomic E-state index is 0.698. The number of nitrogens with one attached hydrogen (secondary N) is 1. The van der Waals surface area contributed by atoms with E-state index in [0.29, 0.717) is 5.92 Å². The molecule has 1 nitrogen and oxygen atoms in total. The zero-order valence-electron chi connectivity index (χ0n) is 10.3. The van der Waals surface area contributed by atoms with E-state index in [2.05, 4.69) is 45.1 Å². The molecule has 0 saturated carbocycles. The van der Waals surface area contributed by atoms with Crippen molar-refractivity contribution in [2.45, 2.75) is 40.0 Å². The average molecular weight is 225 g/mol. The van der Waals surface area contributed by atoms with Crippen LogP contribution in [0, 0.1) is 12.8 Å². The van der Waals surface area contributed by atoms with Gasteiger partial charge in [-0.15, -0.1) is 11.3 Å². The van der Waals surface area contributed by atoms with Crippen molar-refractivity contribution in [3.8, 4) is 0 Å². The first-order valence-corrected chi connectivity index (χ1v) is 6.68. The lowest BCUT2D eigenvalue weighted by Gasteiger charge is -2.11. The number of hydrogen-bond donors (Lipinski definition) is 1. The maximum Gasteiger partial charge on any atom is 0.00767 e. The summed E-state index contributed by atoms with van der Waals surface area (Å²) >= 11 is 1.93. The van der Waals surface area contributed by atoms with Gasteiger partial charge in [-0.25, -0.2) is 0 Å². The van der Waals surface area contributed by atoms with Crippen molar-refractivity contribution in [3.05, 3.63) is 21.9 Å². The lowest BCUT2D eigenvalue weighted by Crippen LogP contribution is -2.21. The van der Waals surface area contributed by atoms with Crippen LogP contribution < -0.4 is 5.32 Å². The van der Waals surface area contributed by atoms with Gasteiger partial charge >= 0.3 is 0 Å². The molecule has 0 amide bonds. The monoisotopic (exact) mass is 225 g/mol. The van der Waals surface area contributed by atoms with Crippen LogP contribution in [0.3, 0.4) is 0 Å². The Bertz CT molecular complexity index is 278. The standard InChI is InChI=1S/C13H23NS/c1-10(2)9-14-8-7-11(3)13-6-5-12(4)15-13/h5-6,10-11,14H,7-9H2,1-4H3. The number of aryl methyl sites for hydroxylation is 1. The molecule has 0 radical (unpaired) electrons. The highest BCUT2D eigenvalue weighted by molar-refractivity contribution is 7.12. The van der Waals surface area contributed by atoms with Crippen LogP contribution in [0.1, 0.15) is 42.9 Å². The summed E-state index contributed by atoms with van der Waals surface area (Å²) in [7, 11) is 0. The fourth-order valence-electron chi connectivity index (χ4n) is 1.57. The summed E-state index contributed by atoms with van der Waals surface area (Å²) in [5.74, 6) is 1.45. The normalized spacial score (nSPS) is 13.4. The van der Waals surface area contributed by atoms with E-state index in [4.69, 9.17) is 0 Å². The van der Waals surface area contributed by atoms with Crippen LogP contribution in [-0.4, -0.2) is 13.1 Å². The van der Waals surface area contributed by atoms with Crippen molar-refractivity contribution in [2.75, 3.05) is 13.1 Å². The highest BCUT2D eigenvalue weighted by atomic mass is 32.1. The summed E-state index contributed by atoms with van der Waals surface area (Å²) < 4.78 is 0. The van der Waals surface area contributed by atoms with Crippen LogP contribution in [-0.2, 0) is 0 Å². The van der Waals surface area contributed by atoms with E-state index in [9.17, 15) is 0 Å². The van der Waals surface area contributed by atoms with E-state index >= 15 is 0 Å². The Morgan fingerprint density at radius 2 is 2.00 bits per heavy atom. The molecule has 1 atom stereocenters. The lowest BCUT2D eigenvalue weighted by atomic mass is 10.1.